The molecular formula is C17H20N2O3. The van der Waals surface area contributed by atoms with E-state index in [1.165, 1.54) is 6.26 Å². The summed E-state index contributed by atoms with van der Waals surface area (Å²) in [6.07, 6.45) is 3.29. The lowest BCUT2D eigenvalue weighted by molar-refractivity contribution is -0.119. The van der Waals surface area contributed by atoms with Gasteiger partial charge in [-0.25, -0.2) is 0 Å². The van der Waals surface area contributed by atoms with E-state index in [2.05, 4.69) is 17.6 Å². The highest BCUT2D eigenvalue weighted by molar-refractivity contribution is 6.02. The van der Waals surface area contributed by atoms with Gasteiger partial charge in [-0.05, 0) is 42.8 Å². The first-order chi connectivity index (χ1) is 10.6. The molecule has 116 valence electrons. The molecule has 1 unspecified atom stereocenters. The zero-order chi connectivity index (χ0) is 15.9. The fourth-order valence-corrected chi connectivity index (χ4v) is 2.07. The van der Waals surface area contributed by atoms with Crippen LogP contribution in [0.25, 0.3) is 0 Å². The first-order valence-electron chi connectivity index (χ1n) is 7.36. The first-order valence-corrected chi connectivity index (χ1v) is 7.36. The van der Waals surface area contributed by atoms with Gasteiger partial charge in [-0.1, -0.05) is 20.3 Å². The predicted molar refractivity (Wildman–Crippen MR) is 85.8 cm³/mol. The number of furan rings is 1. The Balaban J connectivity index is 1.93. The van der Waals surface area contributed by atoms with Gasteiger partial charge in [0.05, 0.1) is 6.26 Å². The van der Waals surface area contributed by atoms with Gasteiger partial charge in [-0.3, -0.25) is 9.59 Å². The lowest BCUT2D eigenvalue weighted by atomic mass is 10.1. The molecule has 1 atom stereocenters. The molecule has 0 radical (unpaired) electrons. The Morgan fingerprint density at radius 3 is 2.27 bits per heavy atom. The van der Waals surface area contributed by atoms with Crippen LogP contribution in [0.15, 0.2) is 47.1 Å². The van der Waals surface area contributed by atoms with Gasteiger partial charge in [0.1, 0.15) is 0 Å². The number of hydrogen-bond acceptors (Lipinski definition) is 3. The minimum absolute atomic E-state index is 0.00854. The Hall–Kier alpha value is -2.56. The maximum Gasteiger partial charge on any atom is 0.291 e. The molecule has 2 rings (SSSR count). The van der Waals surface area contributed by atoms with Crippen molar-refractivity contribution in [2.75, 3.05) is 10.6 Å². The van der Waals surface area contributed by atoms with Gasteiger partial charge in [-0.15, -0.1) is 0 Å². The molecule has 0 saturated heterocycles. The van der Waals surface area contributed by atoms with E-state index in [4.69, 9.17) is 4.42 Å². The number of rotatable bonds is 6. The lowest BCUT2D eigenvalue weighted by Gasteiger charge is -2.11. The third kappa shape index (κ3) is 4.22. The molecule has 0 aliphatic rings. The Labute approximate surface area is 129 Å². The second-order valence-corrected chi connectivity index (χ2v) is 5.19. The first kappa shape index (κ1) is 15.8. The molecule has 1 aromatic carbocycles. The van der Waals surface area contributed by atoms with Gasteiger partial charge in [0.25, 0.3) is 5.91 Å². The standard InChI is InChI=1S/C17H20N2O3/c1-3-5-12(2)16(20)18-13-7-9-14(10-8-13)19-17(21)15-6-4-11-22-15/h4,6-12H,3,5H2,1-2H3,(H,18,20)(H,19,21). The van der Waals surface area contributed by atoms with Gasteiger partial charge in [-0.2, -0.15) is 0 Å². The summed E-state index contributed by atoms with van der Waals surface area (Å²) in [6, 6.07) is 10.2. The van der Waals surface area contributed by atoms with Crippen molar-refractivity contribution in [1.82, 2.24) is 0 Å². The van der Waals surface area contributed by atoms with E-state index in [9.17, 15) is 9.59 Å². The molecule has 5 nitrogen and oxygen atoms in total. The molecule has 22 heavy (non-hydrogen) atoms. The molecule has 2 amide bonds. The van der Waals surface area contributed by atoms with Gasteiger partial charge in [0.2, 0.25) is 5.91 Å². The molecule has 0 saturated carbocycles. The molecule has 0 spiro atoms. The summed E-state index contributed by atoms with van der Waals surface area (Å²) in [5.74, 6) is -0.0540. The number of hydrogen-bond donors (Lipinski definition) is 2. The Morgan fingerprint density at radius 2 is 1.73 bits per heavy atom. The van der Waals surface area contributed by atoms with E-state index in [1.54, 1.807) is 36.4 Å². The van der Waals surface area contributed by atoms with Crippen LogP contribution in [0.1, 0.15) is 37.2 Å². The molecule has 0 aliphatic heterocycles. The van der Waals surface area contributed by atoms with E-state index >= 15 is 0 Å². The molecule has 1 heterocycles. The van der Waals surface area contributed by atoms with Gasteiger partial charge in [0.15, 0.2) is 5.76 Å². The van der Waals surface area contributed by atoms with Crippen molar-refractivity contribution in [2.24, 2.45) is 5.92 Å². The summed E-state index contributed by atoms with van der Waals surface area (Å²) < 4.78 is 5.02. The van der Waals surface area contributed by atoms with Crippen LogP contribution < -0.4 is 10.6 Å². The minimum Gasteiger partial charge on any atom is -0.459 e. The monoisotopic (exact) mass is 300 g/mol. The topological polar surface area (TPSA) is 71.3 Å². The maximum absolute atomic E-state index is 11.9. The van der Waals surface area contributed by atoms with Crippen LogP contribution in [0.2, 0.25) is 0 Å². The van der Waals surface area contributed by atoms with E-state index in [0.717, 1.165) is 12.8 Å². The van der Waals surface area contributed by atoms with E-state index in [-0.39, 0.29) is 23.5 Å². The number of benzene rings is 1. The van der Waals surface area contributed by atoms with Gasteiger partial charge >= 0.3 is 0 Å². The largest absolute Gasteiger partial charge is 0.459 e. The summed E-state index contributed by atoms with van der Waals surface area (Å²) in [4.78, 5) is 23.8. The highest BCUT2D eigenvalue weighted by Gasteiger charge is 2.12. The number of amides is 2. The second kappa shape index (κ2) is 7.45. The van der Waals surface area contributed by atoms with Crippen molar-refractivity contribution in [1.29, 1.82) is 0 Å². The molecule has 2 N–H and O–H groups in total. The predicted octanol–water partition coefficient (Wildman–Crippen LogP) is 3.91. The summed E-state index contributed by atoms with van der Waals surface area (Å²) >= 11 is 0. The summed E-state index contributed by atoms with van der Waals surface area (Å²) in [6.45, 7) is 3.97. The van der Waals surface area contributed by atoms with Crippen LogP contribution >= 0.6 is 0 Å². The zero-order valence-electron chi connectivity index (χ0n) is 12.8. The molecule has 0 bridgehead atoms. The smallest absolute Gasteiger partial charge is 0.291 e. The highest BCUT2D eigenvalue weighted by atomic mass is 16.3. The van der Waals surface area contributed by atoms with Crippen molar-refractivity contribution in [3.05, 3.63) is 48.4 Å². The number of carbonyl (C=O) groups is 2. The SMILES string of the molecule is CCCC(C)C(=O)Nc1ccc(NC(=O)c2ccco2)cc1. The van der Waals surface area contributed by atoms with Crippen LogP contribution in [0.5, 0.6) is 0 Å². The van der Waals surface area contributed by atoms with Crippen LogP contribution in [0.3, 0.4) is 0 Å². The van der Waals surface area contributed by atoms with E-state index < -0.39 is 0 Å². The van der Waals surface area contributed by atoms with Gasteiger partial charge in [0, 0.05) is 17.3 Å². The Bertz CT molecular complexity index is 618. The quantitative estimate of drug-likeness (QED) is 0.849. The minimum atomic E-state index is -0.307. The average Bonchev–Trinajstić information content (AvgIpc) is 3.04. The molecule has 5 heteroatoms. The summed E-state index contributed by atoms with van der Waals surface area (Å²) in [7, 11) is 0. The summed E-state index contributed by atoms with van der Waals surface area (Å²) in [5, 5.41) is 5.59. The molecule has 0 aliphatic carbocycles. The molecule has 2 aromatic rings. The molecule has 1 aromatic heterocycles. The van der Waals surface area contributed by atoms with Gasteiger partial charge < -0.3 is 15.1 Å². The zero-order valence-corrected chi connectivity index (χ0v) is 12.8. The van der Waals surface area contributed by atoms with Crippen molar-refractivity contribution in [2.45, 2.75) is 26.7 Å². The average molecular weight is 300 g/mol. The number of anilines is 2. The fraction of sp³-hybridized carbons (Fsp3) is 0.294. The maximum atomic E-state index is 11.9. The van der Waals surface area contributed by atoms with E-state index in [0.29, 0.717) is 11.4 Å². The van der Waals surface area contributed by atoms with Crippen LogP contribution in [0, 0.1) is 5.92 Å². The van der Waals surface area contributed by atoms with Crippen LogP contribution in [0.4, 0.5) is 11.4 Å². The summed E-state index contributed by atoms with van der Waals surface area (Å²) in [5.41, 5.74) is 1.35. The third-order valence-electron chi connectivity index (χ3n) is 3.32. The second-order valence-electron chi connectivity index (χ2n) is 5.19. The fourth-order valence-electron chi connectivity index (χ4n) is 2.07. The lowest BCUT2D eigenvalue weighted by Crippen LogP contribution is -2.20. The molecule has 0 fully saturated rings. The highest BCUT2D eigenvalue weighted by Crippen LogP contribution is 2.16. The molecular weight excluding hydrogens is 280 g/mol. The Morgan fingerprint density at radius 1 is 1.09 bits per heavy atom. The van der Waals surface area contributed by atoms with Crippen LogP contribution in [-0.4, -0.2) is 11.8 Å². The van der Waals surface area contributed by atoms with Crippen molar-refractivity contribution >= 4 is 23.2 Å². The van der Waals surface area contributed by atoms with Crippen molar-refractivity contribution in [3.63, 3.8) is 0 Å². The van der Waals surface area contributed by atoms with E-state index in [1.807, 2.05) is 6.92 Å². The number of nitrogens with one attached hydrogen (secondary N) is 2. The normalized spacial score (nSPS) is 11.7. The van der Waals surface area contributed by atoms with Crippen molar-refractivity contribution < 1.29 is 14.0 Å². The number of carbonyl (C=O) groups excluding carboxylic acids is 2. The third-order valence-corrected chi connectivity index (χ3v) is 3.32. The Kier molecular flexibility index (Phi) is 5.36. The van der Waals surface area contributed by atoms with Crippen molar-refractivity contribution in [3.8, 4) is 0 Å². The van der Waals surface area contributed by atoms with Crippen LogP contribution in [-0.2, 0) is 4.79 Å².